The Balaban J connectivity index is 1.65. The number of allylic oxidation sites excluding steroid dienone is 1. The fraction of sp³-hybridized carbons (Fsp3) is 0.115. The van der Waals surface area contributed by atoms with Crippen LogP contribution in [-0.4, -0.2) is 23.3 Å². The first kappa shape index (κ1) is 22.3. The maximum Gasteiger partial charge on any atom is 0.326 e. The molecule has 1 aliphatic heterocycles. The Morgan fingerprint density at radius 3 is 2.40 bits per heavy atom. The van der Waals surface area contributed by atoms with Gasteiger partial charge in [-0.1, -0.05) is 29.4 Å². The molecule has 1 aliphatic rings. The van der Waals surface area contributed by atoms with Gasteiger partial charge in [-0.3, -0.25) is 4.90 Å². The van der Waals surface area contributed by atoms with Crippen molar-refractivity contribution in [3.8, 4) is 17.1 Å². The number of hydrogen-bond donors (Lipinski definition) is 1. The van der Waals surface area contributed by atoms with Crippen molar-refractivity contribution in [1.82, 2.24) is 15.5 Å². The Hall–Kier alpha value is -4.53. The minimum Gasteiger partial charge on any atom is -0.497 e. The Kier molecular flexibility index (Phi) is 5.74. The van der Waals surface area contributed by atoms with Crippen molar-refractivity contribution in [2.75, 3.05) is 12.0 Å². The molecule has 0 aliphatic carbocycles. The van der Waals surface area contributed by atoms with Gasteiger partial charge in [0.15, 0.2) is 0 Å². The molecule has 7 nitrogen and oxygen atoms in total. The summed E-state index contributed by atoms with van der Waals surface area (Å²) in [5.41, 5.74) is 2.53. The Morgan fingerprint density at radius 2 is 1.71 bits per heavy atom. The molecule has 5 rings (SSSR count). The van der Waals surface area contributed by atoms with Gasteiger partial charge in [-0.2, -0.15) is 4.98 Å². The molecule has 1 aromatic heterocycles. The summed E-state index contributed by atoms with van der Waals surface area (Å²) < 4.78 is 38.6. The van der Waals surface area contributed by atoms with Crippen molar-refractivity contribution in [3.63, 3.8) is 0 Å². The summed E-state index contributed by atoms with van der Waals surface area (Å²) in [5.74, 6) is 0.0670. The lowest BCUT2D eigenvalue weighted by molar-refractivity contribution is 0.244. The number of benzene rings is 3. The minimum absolute atomic E-state index is 0.120. The van der Waals surface area contributed by atoms with Crippen LogP contribution in [0.3, 0.4) is 0 Å². The van der Waals surface area contributed by atoms with Crippen molar-refractivity contribution in [2.24, 2.45) is 0 Å². The fourth-order valence-corrected chi connectivity index (χ4v) is 4.08. The number of nitrogens with zero attached hydrogens (tertiary/aromatic N) is 3. The molecule has 0 saturated carbocycles. The molecule has 0 fully saturated rings. The predicted octanol–water partition coefficient (Wildman–Crippen LogP) is 5.73. The number of rotatable bonds is 5. The molecule has 0 bridgehead atoms. The average molecular weight is 474 g/mol. The summed E-state index contributed by atoms with van der Waals surface area (Å²) >= 11 is 0. The molecular weight excluding hydrogens is 454 g/mol. The zero-order valence-electron chi connectivity index (χ0n) is 18.8. The maximum absolute atomic E-state index is 14.1. The third-order valence-corrected chi connectivity index (χ3v) is 5.74. The normalized spacial score (nSPS) is 15.8. The molecule has 176 valence electrons. The number of aromatic nitrogens is 2. The van der Waals surface area contributed by atoms with Gasteiger partial charge in [0.2, 0.25) is 5.82 Å². The van der Waals surface area contributed by atoms with Crippen molar-refractivity contribution < 1.29 is 22.8 Å². The van der Waals surface area contributed by atoms with E-state index < -0.39 is 23.7 Å². The molecular formula is C26H20F2N4O3. The highest BCUT2D eigenvalue weighted by Gasteiger charge is 2.36. The highest BCUT2D eigenvalue weighted by molar-refractivity contribution is 6.01. The standard InChI is InChI=1S/C26H20F2N4O3/c1-15-22(25-30-24(31-35-25)17-6-4-8-19(28)14-17)23(16-5-3-7-18(27)13-16)29-26(33)32(15)20-9-11-21(34-2)12-10-20/h3-14,23H,1-2H3,(H,29,33). The van der Waals surface area contributed by atoms with Crippen molar-refractivity contribution in [1.29, 1.82) is 0 Å². The molecule has 1 N–H and O–H groups in total. The number of urea groups is 1. The van der Waals surface area contributed by atoms with Crippen LogP contribution in [0.2, 0.25) is 0 Å². The predicted molar refractivity (Wildman–Crippen MR) is 125 cm³/mol. The lowest BCUT2D eigenvalue weighted by atomic mass is 9.94. The van der Waals surface area contributed by atoms with Crippen LogP contribution >= 0.6 is 0 Å². The fourth-order valence-electron chi connectivity index (χ4n) is 4.08. The second kappa shape index (κ2) is 9.02. The van der Waals surface area contributed by atoms with Gasteiger partial charge in [0.25, 0.3) is 5.89 Å². The molecule has 0 spiro atoms. The van der Waals surface area contributed by atoms with E-state index in [0.717, 1.165) is 0 Å². The number of methoxy groups -OCH3 is 1. The molecule has 1 unspecified atom stereocenters. The quantitative estimate of drug-likeness (QED) is 0.400. The first-order valence-corrected chi connectivity index (χ1v) is 10.8. The number of carbonyl (C=O) groups excluding carboxylic acids is 1. The van der Waals surface area contributed by atoms with E-state index in [4.69, 9.17) is 9.26 Å². The smallest absolute Gasteiger partial charge is 0.326 e. The van der Waals surface area contributed by atoms with Crippen molar-refractivity contribution in [3.05, 3.63) is 102 Å². The number of amides is 2. The number of hydrogen-bond acceptors (Lipinski definition) is 5. The van der Waals surface area contributed by atoms with Gasteiger partial charge in [0, 0.05) is 11.3 Å². The molecule has 0 saturated heterocycles. The van der Waals surface area contributed by atoms with E-state index in [1.165, 1.54) is 29.2 Å². The van der Waals surface area contributed by atoms with E-state index in [1.54, 1.807) is 62.6 Å². The van der Waals surface area contributed by atoms with E-state index >= 15 is 0 Å². The SMILES string of the molecule is COc1ccc(N2C(=O)NC(c3cccc(F)c3)C(c3nc(-c4cccc(F)c4)no3)=C2C)cc1. The third kappa shape index (κ3) is 4.23. The van der Waals surface area contributed by atoms with Crippen LogP contribution in [-0.2, 0) is 0 Å². The summed E-state index contributed by atoms with van der Waals surface area (Å²) in [6.45, 7) is 1.75. The van der Waals surface area contributed by atoms with E-state index in [1.807, 2.05) is 0 Å². The van der Waals surface area contributed by atoms with Crippen LogP contribution in [0, 0.1) is 11.6 Å². The Labute approximate surface area is 199 Å². The maximum atomic E-state index is 14.1. The molecule has 35 heavy (non-hydrogen) atoms. The van der Waals surface area contributed by atoms with Crippen LogP contribution in [0.4, 0.5) is 19.3 Å². The zero-order valence-corrected chi connectivity index (χ0v) is 18.8. The summed E-state index contributed by atoms with van der Waals surface area (Å²) in [5, 5.41) is 6.93. The number of carbonyl (C=O) groups is 1. The lowest BCUT2D eigenvalue weighted by Crippen LogP contribution is -2.46. The average Bonchev–Trinajstić information content (AvgIpc) is 3.34. The molecule has 2 amide bonds. The third-order valence-electron chi connectivity index (χ3n) is 5.74. The van der Waals surface area contributed by atoms with Crippen LogP contribution < -0.4 is 15.0 Å². The monoisotopic (exact) mass is 474 g/mol. The van der Waals surface area contributed by atoms with E-state index in [2.05, 4.69) is 15.5 Å². The van der Waals surface area contributed by atoms with Crippen LogP contribution in [0.25, 0.3) is 17.0 Å². The highest BCUT2D eigenvalue weighted by Crippen LogP contribution is 2.39. The molecule has 3 aromatic carbocycles. The number of nitrogens with one attached hydrogen (secondary N) is 1. The van der Waals surface area contributed by atoms with Gasteiger partial charge in [-0.15, -0.1) is 0 Å². The van der Waals surface area contributed by atoms with Crippen molar-refractivity contribution >= 4 is 17.3 Å². The van der Waals surface area contributed by atoms with Crippen LogP contribution in [0.5, 0.6) is 5.75 Å². The molecule has 1 atom stereocenters. The lowest BCUT2D eigenvalue weighted by Gasteiger charge is -2.35. The first-order chi connectivity index (χ1) is 16.9. The van der Waals surface area contributed by atoms with Crippen LogP contribution in [0.15, 0.2) is 83.0 Å². The summed E-state index contributed by atoms with van der Waals surface area (Å²) in [4.78, 5) is 19.2. The van der Waals surface area contributed by atoms with Gasteiger partial charge >= 0.3 is 6.03 Å². The first-order valence-electron chi connectivity index (χ1n) is 10.8. The van der Waals surface area contributed by atoms with E-state index in [9.17, 15) is 13.6 Å². The second-order valence-corrected chi connectivity index (χ2v) is 7.90. The van der Waals surface area contributed by atoms with Crippen LogP contribution in [0.1, 0.15) is 24.4 Å². The van der Waals surface area contributed by atoms with E-state index in [0.29, 0.717) is 33.8 Å². The Morgan fingerprint density at radius 1 is 1.00 bits per heavy atom. The number of anilines is 1. The second-order valence-electron chi connectivity index (χ2n) is 7.90. The summed E-state index contributed by atoms with van der Waals surface area (Å²) in [6.07, 6.45) is 0. The largest absolute Gasteiger partial charge is 0.497 e. The van der Waals surface area contributed by atoms with Gasteiger partial charge in [0.1, 0.15) is 17.4 Å². The summed E-state index contributed by atoms with van der Waals surface area (Å²) in [7, 11) is 1.56. The van der Waals surface area contributed by atoms with Gasteiger partial charge in [-0.05, 0) is 61.0 Å². The molecule has 2 heterocycles. The van der Waals surface area contributed by atoms with E-state index in [-0.39, 0.29) is 11.7 Å². The van der Waals surface area contributed by atoms with Crippen molar-refractivity contribution in [2.45, 2.75) is 13.0 Å². The van der Waals surface area contributed by atoms with Gasteiger partial charge < -0.3 is 14.6 Å². The topological polar surface area (TPSA) is 80.5 Å². The molecule has 0 radical (unpaired) electrons. The zero-order chi connectivity index (χ0) is 24.5. The summed E-state index contributed by atoms with van der Waals surface area (Å²) in [6, 6.07) is 17.6. The van der Waals surface area contributed by atoms with Gasteiger partial charge in [-0.25, -0.2) is 13.6 Å². The number of ether oxygens (including phenoxy) is 1. The molecule has 9 heteroatoms. The Bertz CT molecular complexity index is 1430. The molecule has 4 aromatic rings. The van der Waals surface area contributed by atoms with Gasteiger partial charge in [0.05, 0.1) is 24.4 Å². The minimum atomic E-state index is -0.756. The number of halogens is 2. The highest BCUT2D eigenvalue weighted by atomic mass is 19.1.